The molecule has 1 N–H and O–H groups in total. The van der Waals surface area contributed by atoms with Gasteiger partial charge in [-0.05, 0) is 44.8 Å². The van der Waals surface area contributed by atoms with Crippen molar-refractivity contribution in [3.05, 3.63) is 0 Å². The van der Waals surface area contributed by atoms with E-state index in [1.165, 1.54) is 45.4 Å². The van der Waals surface area contributed by atoms with Crippen LogP contribution in [0.5, 0.6) is 0 Å². The van der Waals surface area contributed by atoms with Crippen molar-refractivity contribution in [3.63, 3.8) is 0 Å². The highest BCUT2D eigenvalue weighted by Gasteiger charge is 2.21. The zero-order chi connectivity index (χ0) is 10.5. The second-order valence-corrected chi connectivity index (χ2v) is 4.87. The summed E-state index contributed by atoms with van der Waals surface area (Å²) in [6.45, 7) is 9.12. The monoisotopic (exact) mass is 212 g/mol. The van der Waals surface area contributed by atoms with Crippen molar-refractivity contribution in [2.75, 3.05) is 39.4 Å². The maximum absolute atomic E-state index is 5.37. The van der Waals surface area contributed by atoms with Gasteiger partial charge in [0.05, 0.1) is 6.61 Å². The van der Waals surface area contributed by atoms with E-state index in [9.17, 15) is 0 Å². The Hall–Kier alpha value is -0.120. The molecule has 0 bridgehead atoms. The molecule has 3 heteroatoms. The standard InChI is InChI=1S/C12H24N2O/c1-2-14-6-3-4-11(9-14)8-13-12-5-7-15-10-12/h11-13H,2-10H2,1H3. The van der Waals surface area contributed by atoms with E-state index in [0.717, 1.165) is 19.1 Å². The Bertz CT molecular complexity index is 180. The van der Waals surface area contributed by atoms with Crippen LogP contribution in [0.2, 0.25) is 0 Å². The molecule has 2 saturated heterocycles. The van der Waals surface area contributed by atoms with Crippen molar-refractivity contribution in [2.45, 2.75) is 32.2 Å². The molecule has 15 heavy (non-hydrogen) atoms. The first kappa shape index (κ1) is 11.4. The largest absolute Gasteiger partial charge is 0.380 e. The van der Waals surface area contributed by atoms with Crippen molar-refractivity contribution >= 4 is 0 Å². The number of ether oxygens (including phenoxy) is 1. The first-order valence-electron chi connectivity index (χ1n) is 6.42. The summed E-state index contributed by atoms with van der Waals surface area (Å²) in [6.07, 6.45) is 3.97. The Kier molecular flexibility index (Phi) is 4.42. The van der Waals surface area contributed by atoms with E-state index in [0.29, 0.717) is 6.04 Å². The van der Waals surface area contributed by atoms with Crippen LogP contribution >= 0.6 is 0 Å². The quantitative estimate of drug-likeness (QED) is 0.755. The van der Waals surface area contributed by atoms with Crippen LogP contribution in [0.1, 0.15) is 26.2 Å². The van der Waals surface area contributed by atoms with Gasteiger partial charge in [-0.3, -0.25) is 0 Å². The lowest BCUT2D eigenvalue weighted by atomic mass is 9.97. The molecule has 0 aromatic rings. The molecule has 2 atom stereocenters. The minimum Gasteiger partial charge on any atom is -0.380 e. The molecule has 2 fully saturated rings. The Labute approximate surface area is 93.2 Å². The minimum atomic E-state index is 0.627. The molecule has 3 nitrogen and oxygen atoms in total. The number of nitrogens with zero attached hydrogens (tertiary/aromatic N) is 1. The SMILES string of the molecule is CCN1CCCC(CNC2CCOC2)C1. The van der Waals surface area contributed by atoms with Crippen LogP contribution in [0.15, 0.2) is 0 Å². The Morgan fingerprint density at radius 3 is 3.07 bits per heavy atom. The molecule has 2 rings (SSSR count). The molecule has 0 amide bonds. The van der Waals surface area contributed by atoms with E-state index in [1.807, 2.05) is 0 Å². The predicted octanol–water partition coefficient (Wildman–Crippen LogP) is 1.10. The maximum atomic E-state index is 5.37. The normalized spacial score (nSPS) is 33.4. The Balaban J connectivity index is 1.65. The average Bonchev–Trinajstić information content (AvgIpc) is 2.79. The van der Waals surface area contributed by atoms with Gasteiger partial charge in [0.1, 0.15) is 0 Å². The first-order valence-corrected chi connectivity index (χ1v) is 6.42. The van der Waals surface area contributed by atoms with Crippen molar-refractivity contribution < 1.29 is 4.74 Å². The molecule has 0 aromatic heterocycles. The summed E-state index contributed by atoms with van der Waals surface area (Å²) < 4.78 is 5.37. The second-order valence-electron chi connectivity index (χ2n) is 4.87. The molecule has 2 unspecified atom stereocenters. The van der Waals surface area contributed by atoms with E-state index in [2.05, 4.69) is 17.1 Å². The van der Waals surface area contributed by atoms with Crippen molar-refractivity contribution in [1.82, 2.24) is 10.2 Å². The van der Waals surface area contributed by atoms with Gasteiger partial charge in [0.2, 0.25) is 0 Å². The van der Waals surface area contributed by atoms with E-state index in [4.69, 9.17) is 4.74 Å². The van der Waals surface area contributed by atoms with E-state index in [1.54, 1.807) is 0 Å². The molecule has 2 aliphatic rings. The highest BCUT2D eigenvalue weighted by Crippen LogP contribution is 2.16. The average molecular weight is 212 g/mol. The van der Waals surface area contributed by atoms with Crippen LogP contribution in [0.25, 0.3) is 0 Å². The van der Waals surface area contributed by atoms with Crippen LogP contribution in [0, 0.1) is 5.92 Å². The maximum Gasteiger partial charge on any atom is 0.0620 e. The molecule has 2 aliphatic heterocycles. The van der Waals surface area contributed by atoms with Crippen LogP contribution in [-0.4, -0.2) is 50.3 Å². The van der Waals surface area contributed by atoms with Gasteiger partial charge in [-0.2, -0.15) is 0 Å². The Morgan fingerprint density at radius 2 is 2.33 bits per heavy atom. The number of hydrogen-bond acceptors (Lipinski definition) is 3. The van der Waals surface area contributed by atoms with E-state index < -0.39 is 0 Å². The van der Waals surface area contributed by atoms with Crippen molar-refractivity contribution in [1.29, 1.82) is 0 Å². The number of hydrogen-bond donors (Lipinski definition) is 1. The molecule has 0 aliphatic carbocycles. The number of rotatable bonds is 4. The zero-order valence-electron chi connectivity index (χ0n) is 9.87. The van der Waals surface area contributed by atoms with Gasteiger partial charge >= 0.3 is 0 Å². The summed E-state index contributed by atoms with van der Waals surface area (Å²) >= 11 is 0. The fourth-order valence-corrected chi connectivity index (χ4v) is 2.63. The lowest BCUT2D eigenvalue weighted by Gasteiger charge is -2.32. The second kappa shape index (κ2) is 5.83. The molecule has 0 aromatic carbocycles. The highest BCUT2D eigenvalue weighted by molar-refractivity contribution is 4.77. The third kappa shape index (κ3) is 3.44. The predicted molar refractivity (Wildman–Crippen MR) is 62.1 cm³/mol. The summed E-state index contributed by atoms with van der Waals surface area (Å²) in [4.78, 5) is 2.57. The van der Waals surface area contributed by atoms with E-state index in [-0.39, 0.29) is 0 Å². The van der Waals surface area contributed by atoms with Gasteiger partial charge in [0.15, 0.2) is 0 Å². The van der Waals surface area contributed by atoms with Crippen LogP contribution in [0.3, 0.4) is 0 Å². The molecule has 88 valence electrons. The molecule has 2 heterocycles. The van der Waals surface area contributed by atoms with Gasteiger partial charge in [0, 0.05) is 19.2 Å². The summed E-state index contributed by atoms with van der Waals surface area (Å²) in [5.41, 5.74) is 0. The highest BCUT2D eigenvalue weighted by atomic mass is 16.5. The van der Waals surface area contributed by atoms with Crippen molar-refractivity contribution in [2.24, 2.45) is 5.92 Å². The topological polar surface area (TPSA) is 24.5 Å². The third-order valence-electron chi connectivity index (χ3n) is 3.68. The summed E-state index contributed by atoms with van der Waals surface area (Å²) in [5.74, 6) is 0.860. The summed E-state index contributed by atoms with van der Waals surface area (Å²) in [6, 6.07) is 0.627. The fourth-order valence-electron chi connectivity index (χ4n) is 2.63. The van der Waals surface area contributed by atoms with Crippen LogP contribution in [0.4, 0.5) is 0 Å². The van der Waals surface area contributed by atoms with Crippen LogP contribution in [-0.2, 0) is 4.74 Å². The third-order valence-corrected chi connectivity index (χ3v) is 3.68. The smallest absolute Gasteiger partial charge is 0.0620 e. The fraction of sp³-hybridized carbons (Fsp3) is 1.00. The van der Waals surface area contributed by atoms with Crippen molar-refractivity contribution in [3.8, 4) is 0 Å². The molecule has 0 radical (unpaired) electrons. The number of nitrogens with one attached hydrogen (secondary N) is 1. The molecule has 0 saturated carbocycles. The Morgan fingerprint density at radius 1 is 1.40 bits per heavy atom. The molecular weight excluding hydrogens is 188 g/mol. The number of likely N-dealkylation sites (tertiary alicyclic amines) is 1. The number of piperidine rings is 1. The molecular formula is C12H24N2O. The summed E-state index contributed by atoms with van der Waals surface area (Å²) in [5, 5.41) is 3.64. The van der Waals surface area contributed by atoms with Gasteiger partial charge in [-0.15, -0.1) is 0 Å². The van der Waals surface area contributed by atoms with Gasteiger partial charge in [-0.1, -0.05) is 6.92 Å². The van der Waals surface area contributed by atoms with Gasteiger partial charge < -0.3 is 15.0 Å². The van der Waals surface area contributed by atoms with Gasteiger partial charge in [-0.25, -0.2) is 0 Å². The van der Waals surface area contributed by atoms with Gasteiger partial charge in [0.25, 0.3) is 0 Å². The molecule has 0 spiro atoms. The van der Waals surface area contributed by atoms with Crippen LogP contribution < -0.4 is 5.32 Å². The summed E-state index contributed by atoms with van der Waals surface area (Å²) in [7, 11) is 0. The zero-order valence-corrected chi connectivity index (χ0v) is 9.87. The first-order chi connectivity index (χ1) is 7.38. The minimum absolute atomic E-state index is 0.627. The van der Waals surface area contributed by atoms with E-state index >= 15 is 0 Å². The lowest BCUT2D eigenvalue weighted by molar-refractivity contribution is 0.169. The lowest BCUT2D eigenvalue weighted by Crippen LogP contribution is -2.42.